The van der Waals surface area contributed by atoms with Crippen molar-refractivity contribution in [2.75, 3.05) is 44.7 Å². The van der Waals surface area contributed by atoms with Crippen molar-refractivity contribution < 1.29 is 17.9 Å². The fourth-order valence-corrected chi connectivity index (χ4v) is 1.94. The predicted octanol–water partition coefficient (Wildman–Crippen LogP) is 2.53. The zero-order chi connectivity index (χ0) is 20.1. The summed E-state index contributed by atoms with van der Waals surface area (Å²) >= 11 is 0. The first-order chi connectivity index (χ1) is 12.8. The van der Waals surface area contributed by atoms with Gasteiger partial charge in [-0.15, -0.1) is 0 Å². The summed E-state index contributed by atoms with van der Waals surface area (Å²) < 4.78 is 43.4. The van der Waals surface area contributed by atoms with Gasteiger partial charge in [0.2, 0.25) is 5.95 Å². The Morgan fingerprint density at radius 1 is 1.22 bits per heavy atom. The molecule has 1 rings (SSSR count). The molecule has 0 amide bonds. The average Bonchev–Trinajstić information content (AvgIpc) is 2.60. The minimum Gasteiger partial charge on any atom is -0.380 e. The molecular weight excluding hydrogens is 361 g/mol. The van der Waals surface area contributed by atoms with Gasteiger partial charge in [0.25, 0.3) is 0 Å². The maximum atomic E-state index is 12.6. The lowest BCUT2D eigenvalue weighted by Gasteiger charge is -2.12. The van der Waals surface area contributed by atoms with E-state index in [0.717, 1.165) is 25.3 Å². The molecule has 0 aliphatic heterocycles. The van der Waals surface area contributed by atoms with Crippen molar-refractivity contribution in [1.29, 1.82) is 0 Å². The molecule has 0 saturated carbocycles. The van der Waals surface area contributed by atoms with E-state index in [-0.39, 0.29) is 5.95 Å². The van der Waals surface area contributed by atoms with Crippen LogP contribution in [0, 0.1) is 5.92 Å². The van der Waals surface area contributed by atoms with Gasteiger partial charge in [-0.25, -0.2) is 9.97 Å². The van der Waals surface area contributed by atoms with Crippen molar-refractivity contribution in [1.82, 2.24) is 20.6 Å². The minimum atomic E-state index is -4.49. The third kappa shape index (κ3) is 10.6. The van der Waals surface area contributed by atoms with Crippen molar-refractivity contribution in [3.05, 3.63) is 18.0 Å². The lowest BCUT2D eigenvalue weighted by Crippen LogP contribution is -2.39. The number of nitrogens with zero attached hydrogens (tertiary/aromatic N) is 3. The average molecular weight is 390 g/mol. The van der Waals surface area contributed by atoms with Crippen LogP contribution in [0.3, 0.4) is 0 Å². The number of nitrogens with one attached hydrogen (secondary N) is 3. The molecule has 0 bridgehead atoms. The number of hydrogen-bond acceptors (Lipinski definition) is 5. The lowest BCUT2D eigenvalue weighted by atomic mass is 10.1. The first-order valence-electron chi connectivity index (χ1n) is 9.07. The van der Waals surface area contributed by atoms with Crippen molar-refractivity contribution in [2.24, 2.45) is 10.9 Å². The Balaban J connectivity index is 2.33. The molecule has 3 N–H and O–H groups in total. The van der Waals surface area contributed by atoms with Crippen LogP contribution < -0.4 is 16.0 Å². The van der Waals surface area contributed by atoms with Gasteiger partial charge in [0.15, 0.2) is 5.96 Å². The number of alkyl halides is 3. The van der Waals surface area contributed by atoms with Gasteiger partial charge in [0, 0.05) is 32.4 Å². The van der Waals surface area contributed by atoms with Gasteiger partial charge in [-0.3, -0.25) is 4.99 Å². The van der Waals surface area contributed by atoms with E-state index in [1.807, 2.05) is 6.92 Å². The van der Waals surface area contributed by atoms with Crippen molar-refractivity contribution >= 4 is 11.9 Å². The third-order valence-electron chi connectivity index (χ3n) is 3.34. The molecule has 0 fully saturated rings. The summed E-state index contributed by atoms with van der Waals surface area (Å²) in [5, 5.41) is 8.94. The first kappa shape index (κ1) is 22.9. The lowest BCUT2D eigenvalue weighted by molar-refractivity contribution is -0.141. The fraction of sp³-hybridized carbons (Fsp3) is 0.706. The number of ether oxygens (including phenoxy) is 1. The Labute approximate surface area is 158 Å². The highest BCUT2D eigenvalue weighted by molar-refractivity contribution is 5.79. The summed E-state index contributed by atoms with van der Waals surface area (Å²) in [6.07, 6.45) is -2.39. The SMILES string of the molecule is CCNC(=NCCOCCC(C)C)NCCNc1nccc(C(F)(F)F)n1. The highest BCUT2D eigenvalue weighted by Gasteiger charge is 2.32. The van der Waals surface area contributed by atoms with Gasteiger partial charge in [0.1, 0.15) is 5.69 Å². The molecule has 7 nitrogen and oxygen atoms in total. The molecule has 0 radical (unpaired) electrons. The number of halogens is 3. The van der Waals surface area contributed by atoms with Gasteiger partial charge >= 0.3 is 6.18 Å². The Bertz CT molecular complexity index is 566. The summed E-state index contributed by atoms with van der Waals surface area (Å²) in [7, 11) is 0. The molecule has 0 aliphatic rings. The van der Waals surface area contributed by atoms with Crippen LogP contribution in [0.4, 0.5) is 19.1 Å². The molecule has 1 aromatic heterocycles. The number of anilines is 1. The maximum Gasteiger partial charge on any atom is 0.433 e. The minimum absolute atomic E-state index is 0.0629. The smallest absolute Gasteiger partial charge is 0.380 e. The number of rotatable bonds is 11. The maximum absolute atomic E-state index is 12.6. The topological polar surface area (TPSA) is 83.5 Å². The quantitative estimate of drug-likeness (QED) is 0.306. The monoisotopic (exact) mass is 390 g/mol. The van der Waals surface area contributed by atoms with Crippen LogP contribution in [0.1, 0.15) is 32.9 Å². The Morgan fingerprint density at radius 3 is 2.67 bits per heavy atom. The number of aromatic nitrogens is 2. The molecule has 1 aromatic rings. The van der Waals surface area contributed by atoms with Crippen molar-refractivity contribution in [3.8, 4) is 0 Å². The Kier molecular flexibility index (Phi) is 10.5. The standard InChI is InChI=1S/C17H29F3N6O/c1-4-21-15(25-10-12-27-11-6-13(2)3)23-8-9-24-16-22-7-5-14(26-16)17(18,19)20/h5,7,13H,4,6,8-12H2,1-3H3,(H2,21,23,25)(H,22,24,26). The molecule has 0 atom stereocenters. The van der Waals surface area contributed by atoms with Crippen LogP contribution in [0.2, 0.25) is 0 Å². The van der Waals surface area contributed by atoms with E-state index in [9.17, 15) is 13.2 Å². The molecule has 0 aromatic carbocycles. The van der Waals surface area contributed by atoms with Crippen LogP contribution in [0.5, 0.6) is 0 Å². The largest absolute Gasteiger partial charge is 0.433 e. The summed E-state index contributed by atoms with van der Waals surface area (Å²) in [5.74, 6) is 1.17. The van der Waals surface area contributed by atoms with E-state index < -0.39 is 11.9 Å². The molecule has 10 heteroatoms. The first-order valence-corrected chi connectivity index (χ1v) is 9.07. The summed E-state index contributed by atoms with van der Waals surface area (Å²) in [4.78, 5) is 11.6. The second-order valence-corrected chi connectivity index (χ2v) is 6.17. The molecule has 0 aliphatic carbocycles. The summed E-state index contributed by atoms with van der Waals surface area (Å²) in [6.45, 7) is 9.51. The normalized spacial score (nSPS) is 12.3. The van der Waals surface area contributed by atoms with E-state index in [0.29, 0.717) is 44.7 Å². The third-order valence-corrected chi connectivity index (χ3v) is 3.34. The van der Waals surface area contributed by atoms with Gasteiger partial charge in [-0.05, 0) is 25.3 Å². The van der Waals surface area contributed by atoms with Gasteiger partial charge in [0.05, 0.1) is 13.2 Å². The van der Waals surface area contributed by atoms with Crippen LogP contribution in [-0.4, -0.2) is 55.3 Å². The second-order valence-electron chi connectivity index (χ2n) is 6.17. The molecule has 0 unspecified atom stereocenters. The summed E-state index contributed by atoms with van der Waals surface area (Å²) in [6, 6.07) is 0.836. The van der Waals surface area contributed by atoms with Gasteiger partial charge in [-0.1, -0.05) is 13.8 Å². The van der Waals surface area contributed by atoms with Gasteiger partial charge < -0.3 is 20.7 Å². The number of hydrogen-bond donors (Lipinski definition) is 3. The molecule has 1 heterocycles. The Hall–Kier alpha value is -2.10. The van der Waals surface area contributed by atoms with E-state index in [1.165, 1.54) is 0 Å². The molecule has 0 spiro atoms. The fourth-order valence-electron chi connectivity index (χ4n) is 1.94. The molecule has 27 heavy (non-hydrogen) atoms. The van der Waals surface area contributed by atoms with Crippen molar-refractivity contribution in [3.63, 3.8) is 0 Å². The number of aliphatic imine (C=N–C) groups is 1. The zero-order valence-electron chi connectivity index (χ0n) is 16.1. The van der Waals surface area contributed by atoms with E-state index in [4.69, 9.17) is 4.74 Å². The van der Waals surface area contributed by atoms with E-state index in [1.54, 1.807) is 0 Å². The zero-order valence-corrected chi connectivity index (χ0v) is 16.1. The highest BCUT2D eigenvalue weighted by atomic mass is 19.4. The van der Waals surface area contributed by atoms with Crippen LogP contribution in [-0.2, 0) is 10.9 Å². The molecule has 0 saturated heterocycles. The summed E-state index contributed by atoms with van der Waals surface area (Å²) in [5.41, 5.74) is -0.972. The molecular formula is C17H29F3N6O. The Morgan fingerprint density at radius 2 is 2.00 bits per heavy atom. The van der Waals surface area contributed by atoms with E-state index in [2.05, 4.69) is 44.8 Å². The van der Waals surface area contributed by atoms with E-state index >= 15 is 0 Å². The van der Waals surface area contributed by atoms with Crippen molar-refractivity contribution in [2.45, 2.75) is 33.4 Å². The van der Waals surface area contributed by atoms with Crippen LogP contribution in [0.15, 0.2) is 17.3 Å². The second kappa shape index (κ2) is 12.3. The highest BCUT2D eigenvalue weighted by Crippen LogP contribution is 2.27. The number of guanidine groups is 1. The van der Waals surface area contributed by atoms with Crippen LogP contribution >= 0.6 is 0 Å². The predicted molar refractivity (Wildman–Crippen MR) is 99.8 cm³/mol. The van der Waals surface area contributed by atoms with Crippen LogP contribution in [0.25, 0.3) is 0 Å². The van der Waals surface area contributed by atoms with Gasteiger partial charge in [-0.2, -0.15) is 13.2 Å². The molecule has 154 valence electrons.